The van der Waals surface area contributed by atoms with Crippen LogP contribution in [0.3, 0.4) is 0 Å². The Hall–Kier alpha value is -1.71. The summed E-state index contributed by atoms with van der Waals surface area (Å²) in [6, 6.07) is 4.78. The predicted octanol–water partition coefficient (Wildman–Crippen LogP) is 0.730. The lowest BCUT2D eigenvalue weighted by Gasteiger charge is -1.93. The molecule has 1 heterocycles. The Labute approximate surface area is 62.5 Å². The Kier molecular flexibility index (Phi) is 1.18. The summed E-state index contributed by atoms with van der Waals surface area (Å²) in [4.78, 5) is 3.94. The highest BCUT2D eigenvalue weighted by atomic mass is 16.3. The van der Waals surface area contributed by atoms with Gasteiger partial charge in [0, 0.05) is 6.07 Å². The molecule has 0 saturated carbocycles. The van der Waals surface area contributed by atoms with Crippen molar-refractivity contribution in [1.82, 2.24) is 15.2 Å². The SMILES string of the molecule is Oc1ccc2ncnnc2c1. The van der Waals surface area contributed by atoms with E-state index in [1.165, 1.54) is 12.4 Å². The second-order valence-corrected chi connectivity index (χ2v) is 2.13. The van der Waals surface area contributed by atoms with Gasteiger partial charge in [-0.2, -0.15) is 0 Å². The van der Waals surface area contributed by atoms with Crippen LogP contribution in [0.2, 0.25) is 0 Å². The molecule has 0 aliphatic heterocycles. The minimum Gasteiger partial charge on any atom is -0.508 e. The van der Waals surface area contributed by atoms with Crippen LogP contribution in [0.4, 0.5) is 0 Å². The number of nitrogens with zero attached hydrogens (tertiary/aromatic N) is 3. The van der Waals surface area contributed by atoms with E-state index in [1.807, 2.05) is 0 Å². The molecule has 0 bridgehead atoms. The molecule has 2 aromatic rings. The number of hydrogen-bond donors (Lipinski definition) is 1. The fourth-order valence-corrected chi connectivity index (χ4v) is 0.877. The Morgan fingerprint density at radius 2 is 2.09 bits per heavy atom. The summed E-state index contributed by atoms with van der Waals surface area (Å²) in [5.74, 6) is 0.180. The van der Waals surface area contributed by atoms with E-state index >= 15 is 0 Å². The van der Waals surface area contributed by atoms with Crippen molar-refractivity contribution in [1.29, 1.82) is 0 Å². The number of phenolic OH excluding ortho intramolecular Hbond substituents is 1. The first-order valence-corrected chi connectivity index (χ1v) is 3.13. The highest BCUT2D eigenvalue weighted by Crippen LogP contribution is 2.13. The van der Waals surface area contributed by atoms with Gasteiger partial charge in [-0.25, -0.2) is 4.98 Å². The van der Waals surface area contributed by atoms with Gasteiger partial charge in [0.2, 0.25) is 0 Å². The van der Waals surface area contributed by atoms with Gasteiger partial charge in [0.15, 0.2) is 0 Å². The van der Waals surface area contributed by atoms with E-state index in [2.05, 4.69) is 15.2 Å². The van der Waals surface area contributed by atoms with E-state index in [9.17, 15) is 0 Å². The van der Waals surface area contributed by atoms with Crippen molar-refractivity contribution in [3.8, 4) is 5.75 Å². The van der Waals surface area contributed by atoms with Gasteiger partial charge in [-0.1, -0.05) is 0 Å². The summed E-state index contributed by atoms with van der Waals surface area (Å²) in [6.07, 6.45) is 1.37. The molecule has 11 heavy (non-hydrogen) atoms. The zero-order chi connectivity index (χ0) is 7.68. The molecule has 0 radical (unpaired) electrons. The Morgan fingerprint density at radius 1 is 1.18 bits per heavy atom. The molecule has 1 N–H and O–H groups in total. The largest absolute Gasteiger partial charge is 0.508 e. The second-order valence-electron chi connectivity index (χ2n) is 2.13. The maximum absolute atomic E-state index is 9.03. The number of aromatic hydroxyl groups is 1. The summed E-state index contributed by atoms with van der Waals surface area (Å²) in [5, 5.41) is 16.4. The number of fused-ring (bicyclic) bond motifs is 1. The van der Waals surface area contributed by atoms with Crippen LogP contribution in [0.1, 0.15) is 0 Å². The monoisotopic (exact) mass is 147 g/mol. The molecule has 0 aliphatic rings. The van der Waals surface area contributed by atoms with Crippen molar-refractivity contribution in [3.63, 3.8) is 0 Å². The zero-order valence-electron chi connectivity index (χ0n) is 5.60. The summed E-state index contributed by atoms with van der Waals surface area (Å²) >= 11 is 0. The molecule has 0 fully saturated rings. The van der Waals surface area contributed by atoms with Crippen LogP contribution in [-0.4, -0.2) is 20.3 Å². The molecular formula is C7H5N3O. The molecule has 0 amide bonds. The standard InChI is InChI=1S/C7H5N3O/c11-5-1-2-6-7(3-5)10-9-4-8-6/h1-4,11H. The van der Waals surface area contributed by atoms with Crippen molar-refractivity contribution in [2.75, 3.05) is 0 Å². The van der Waals surface area contributed by atoms with E-state index in [1.54, 1.807) is 12.1 Å². The lowest BCUT2D eigenvalue weighted by molar-refractivity contribution is 0.476. The number of rotatable bonds is 0. The topological polar surface area (TPSA) is 58.9 Å². The van der Waals surface area contributed by atoms with Gasteiger partial charge in [0.05, 0.1) is 5.52 Å². The van der Waals surface area contributed by atoms with Crippen LogP contribution in [0.25, 0.3) is 11.0 Å². The van der Waals surface area contributed by atoms with Gasteiger partial charge in [0.1, 0.15) is 17.6 Å². The van der Waals surface area contributed by atoms with Gasteiger partial charge in [-0.05, 0) is 12.1 Å². The molecule has 1 aromatic heterocycles. The first-order chi connectivity index (χ1) is 5.36. The van der Waals surface area contributed by atoms with Crippen LogP contribution < -0.4 is 0 Å². The number of aromatic nitrogens is 3. The van der Waals surface area contributed by atoms with Gasteiger partial charge < -0.3 is 5.11 Å². The molecule has 1 aromatic carbocycles. The van der Waals surface area contributed by atoms with Gasteiger partial charge in [-0.15, -0.1) is 10.2 Å². The van der Waals surface area contributed by atoms with Gasteiger partial charge in [-0.3, -0.25) is 0 Å². The molecule has 0 aliphatic carbocycles. The smallest absolute Gasteiger partial charge is 0.138 e. The zero-order valence-corrected chi connectivity index (χ0v) is 5.60. The van der Waals surface area contributed by atoms with E-state index in [0.717, 1.165) is 5.52 Å². The number of hydrogen-bond acceptors (Lipinski definition) is 4. The average molecular weight is 147 g/mol. The fraction of sp³-hybridized carbons (Fsp3) is 0. The molecular weight excluding hydrogens is 142 g/mol. The van der Waals surface area contributed by atoms with Crippen LogP contribution in [0.15, 0.2) is 24.5 Å². The first kappa shape index (κ1) is 6.03. The molecule has 0 atom stereocenters. The molecule has 2 rings (SSSR count). The van der Waals surface area contributed by atoms with E-state index in [0.29, 0.717) is 5.52 Å². The van der Waals surface area contributed by atoms with Gasteiger partial charge >= 0.3 is 0 Å². The van der Waals surface area contributed by atoms with E-state index in [4.69, 9.17) is 5.11 Å². The quantitative estimate of drug-likeness (QED) is 0.596. The van der Waals surface area contributed by atoms with Crippen molar-refractivity contribution in [2.45, 2.75) is 0 Å². The number of benzene rings is 1. The normalized spacial score (nSPS) is 10.2. The van der Waals surface area contributed by atoms with Crippen LogP contribution in [-0.2, 0) is 0 Å². The molecule has 4 nitrogen and oxygen atoms in total. The highest BCUT2D eigenvalue weighted by molar-refractivity contribution is 5.74. The average Bonchev–Trinajstić information content (AvgIpc) is 2.04. The third-order valence-electron chi connectivity index (χ3n) is 1.37. The van der Waals surface area contributed by atoms with E-state index in [-0.39, 0.29) is 5.75 Å². The molecule has 0 unspecified atom stereocenters. The summed E-state index contributed by atoms with van der Waals surface area (Å²) in [6.45, 7) is 0. The number of phenols is 1. The van der Waals surface area contributed by atoms with E-state index < -0.39 is 0 Å². The van der Waals surface area contributed by atoms with Crippen LogP contribution >= 0.6 is 0 Å². The van der Waals surface area contributed by atoms with Crippen LogP contribution in [0.5, 0.6) is 5.75 Å². The van der Waals surface area contributed by atoms with Crippen molar-refractivity contribution >= 4 is 11.0 Å². The molecule has 54 valence electrons. The summed E-state index contributed by atoms with van der Waals surface area (Å²) < 4.78 is 0. The van der Waals surface area contributed by atoms with Crippen molar-refractivity contribution in [3.05, 3.63) is 24.5 Å². The summed E-state index contributed by atoms with van der Waals surface area (Å²) in [7, 11) is 0. The Balaban J connectivity index is 2.83. The van der Waals surface area contributed by atoms with Crippen LogP contribution in [0, 0.1) is 0 Å². The fourth-order valence-electron chi connectivity index (χ4n) is 0.877. The maximum atomic E-state index is 9.03. The second kappa shape index (κ2) is 2.16. The lowest BCUT2D eigenvalue weighted by Crippen LogP contribution is -1.84. The molecule has 0 saturated heterocycles. The lowest BCUT2D eigenvalue weighted by atomic mass is 10.3. The van der Waals surface area contributed by atoms with Crippen molar-refractivity contribution in [2.24, 2.45) is 0 Å². The molecule has 4 heteroatoms. The summed E-state index contributed by atoms with van der Waals surface area (Å²) in [5.41, 5.74) is 1.34. The third kappa shape index (κ3) is 0.980. The Bertz CT molecular complexity index is 388. The third-order valence-corrected chi connectivity index (χ3v) is 1.37. The predicted molar refractivity (Wildman–Crippen MR) is 39.0 cm³/mol. The van der Waals surface area contributed by atoms with Gasteiger partial charge in [0.25, 0.3) is 0 Å². The highest BCUT2D eigenvalue weighted by Gasteiger charge is 1.95. The Morgan fingerprint density at radius 3 is 3.00 bits per heavy atom. The van der Waals surface area contributed by atoms with Crippen molar-refractivity contribution < 1.29 is 5.11 Å². The minimum absolute atomic E-state index is 0.180. The maximum Gasteiger partial charge on any atom is 0.138 e. The first-order valence-electron chi connectivity index (χ1n) is 3.13. The minimum atomic E-state index is 0.180. The molecule has 0 spiro atoms.